The van der Waals surface area contributed by atoms with E-state index in [1.807, 2.05) is 11.6 Å². The lowest BCUT2D eigenvalue weighted by Gasteiger charge is -2.29. The topological polar surface area (TPSA) is 9.86 Å². The predicted octanol–water partition coefficient (Wildman–Crippen LogP) is 3.41. The third-order valence-electron chi connectivity index (χ3n) is 3.43. The number of aryl methyl sites for hydroxylation is 1. The van der Waals surface area contributed by atoms with Crippen LogP contribution < -0.4 is 0 Å². The van der Waals surface area contributed by atoms with Gasteiger partial charge in [0.2, 0.25) is 0 Å². The van der Waals surface area contributed by atoms with Crippen LogP contribution in [0.2, 0.25) is 18.1 Å². The van der Waals surface area contributed by atoms with Crippen LogP contribution in [0, 0.1) is 4.77 Å². The molecule has 0 aromatic carbocycles. The molecule has 1 aromatic heterocycles. The van der Waals surface area contributed by atoms with Crippen molar-refractivity contribution in [3.63, 3.8) is 0 Å². The van der Waals surface area contributed by atoms with Crippen molar-refractivity contribution >= 4 is 20.5 Å². The molecule has 0 radical (unpaired) electrons. The highest BCUT2D eigenvalue weighted by atomic mass is 32.1. The zero-order valence-corrected chi connectivity index (χ0v) is 11.4. The third kappa shape index (κ3) is 1.73. The van der Waals surface area contributed by atoms with E-state index in [0.29, 0.717) is 0 Å². The van der Waals surface area contributed by atoms with Gasteiger partial charge in [0.05, 0.1) is 0 Å². The van der Waals surface area contributed by atoms with Crippen molar-refractivity contribution in [1.82, 2.24) is 8.80 Å². The first-order chi connectivity index (χ1) is 6.61. The first-order valence-corrected chi connectivity index (χ1v) is 8.33. The van der Waals surface area contributed by atoms with Crippen LogP contribution >= 0.6 is 12.2 Å². The van der Waals surface area contributed by atoms with E-state index in [4.69, 9.17) is 12.2 Å². The van der Waals surface area contributed by atoms with Gasteiger partial charge >= 0.3 is 0 Å². The van der Waals surface area contributed by atoms with Crippen molar-refractivity contribution < 1.29 is 0 Å². The summed E-state index contributed by atoms with van der Waals surface area (Å²) in [4.78, 5) is 0. The molecule has 1 rings (SSSR count). The highest BCUT2D eigenvalue weighted by Gasteiger charge is 2.30. The summed E-state index contributed by atoms with van der Waals surface area (Å²) in [6, 6.07) is 3.83. The van der Waals surface area contributed by atoms with Crippen LogP contribution in [-0.4, -0.2) is 17.0 Å². The first-order valence-electron chi connectivity index (χ1n) is 5.35. The summed E-state index contributed by atoms with van der Waals surface area (Å²) >= 11 is 5.43. The molecule has 1 aromatic rings. The minimum absolute atomic E-state index is 0.988. The van der Waals surface area contributed by atoms with Crippen molar-refractivity contribution in [2.75, 3.05) is 0 Å². The number of nitrogens with zero attached hydrogens (tertiary/aromatic N) is 2. The Kier molecular flexibility index (Phi) is 3.72. The normalized spacial score (nSPS) is 12.0. The number of aromatic nitrogens is 2. The second-order valence-electron chi connectivity index (χ2n) is 3.85. The second kappa shape index (κ2) is 4.44. The van der Waals surface area contributed by atoms with E-state index in [-0.39, 0.29) is 0 Å². The molecular weight excluding hydrogens is 208 g/mol. The van der Waals surface area contributed by atoms with Crippen LogP contribution in [0.4, 0.5) is 0 Å². The summed E-state index contributed by atoms with van der Waals surface area (Å²) < 4.78 is 5.42. The Morgan fingerprint density at radius 1 is 1.14 bits per heavy atom. The average Bonchev–Trinajstić information content (AvgIpc) is 2.54. The standard InChI is InChI=1S/C10H20N2SSi/c1-5-14(6-2,7-3)12-9-8-11(4)10(12)13/h8-9H,5-7H2,1-4H3. The fourth-order valence-corrected chi connectivity index (χ4v) is 6.26. The third-order valence-corrected chi connectivity index (χ3v) is 9.41. The molecule has 80 valence electrons. The zero-order chi connectivity index (χ0) is 10.8. The Balaban J connectivity index is 3.24. The van der Waals surface area contributed by atoms with Gasteiger partial charge in [-0.25, -0.2) is 0 Å². The summed E-state index contributed by atoms with van der Waals surface area (Å²) in [5.41, 5.74) is 0. The Morgan fingerprint density at radius 2 is 1.64 bits per heavy atom. The smallest absolute Gasteiger partial charge is 0.171 e. The molecule has 0 saturated carbocycles. The van der Waals surface area contributed by atoms with Crippen LogP contribution in [-0.2, 0) is 7.05 Å². The summed E-state index contributed by atoms with van der Waals surface area (Å²) in [6.45, 7) is 6.90. The van der Waals surface area contributed by atoms with E-state index in [2.05, 4.69) is 37.4 Å². The van der Waals surface area contributed by atoms with Crippen molar-refractivity contribution in [2.45, 2.75) is 38.9 Å². The van der Waals surface area contributed by atoms with Gasteiger partial charge in [-0.3, -0.25) is 0 Å². The van der Waals surface area contributed by atoms with Gasteiger partial charge in [-0.05, 0) is 30.4 Å². The van der Waals surface area contributed by atoms with Gasteiger partial charge in [0.1, 0.15) is 0 Å². The molecule has 1 heterocycles. The maximum atomic E-state index is 5.43. The highest BCUT2D eigenvalue weighted by molar-refractivity contribution is 7.71. The molecule has 0 amide bonds. The average molecular weight is 228 g/mol. The maximum absolute atomic E-state index is 5.43. The molecule has 0 atom stereocenters. The lowest BCUT2D eigenvalue weighted by molar-refractivity contribution is 0.862. The van der Waals surface area contributed by atoms with Crippen LogP contribution in [0.1, 0.15) is 20.8 Å². The SMILES string of the molecule is CC[Si](CC)(CC)n1ccn(C)c1=S. The number of hydrogen-bond acceptors (Lipinski definition) is 1. The van der Waals surface area contributed by atoms with Gasteiger partial charge in [-0.1, -0.05) is 20.8 Å². The van der Waals surface area contributed by atoms with Gasteiger partial charge < -0.3 is 8.80 Å². The molecule has 0 aliphatic heterocycles. The van der Waals surface area contributed by atoms with Crippen molar-refractivity contribution in [2.24, 2.45) is 7.05 Å². The van der Waals surface area contributed by atoms with Crippen LogP contribution in [0.3, 0.4) is 0 Å². The van der Waals surface area contributed by atoms with E-state index in [1.165, 1.54) is 18.1 Å². The van der Waals surface area contributed by atoms with Crippen LogP contribution in [0.5, 0.6) is 0 Å². The molecule has 14 heavy (non-hydrogen) atoms. The number of hydrogen-bond donors (Lipinski definition) is 0. The summed E-state index contributed by atoms with van der Waals surface area (Å²) in [7, 11) is 0.701. The predicted molar refractivity (Wildman–Crippen MR) is 66.8 cm³/mol. The van der Waals surface area contributed by atoms with Gasteiger partial charge in [-0.15, -0.1) is 0 Å². The quantitative estimate of drug-likeness (QED) is 0.567. The zero-order valence-electron chi connectivity index (χ0n) is 9.58. The van der Waals surface area contributed by atoms with Crippen molar-refractivity contribution in [3.05, 3.63) is 17.2 Å². The Bertz CT molecular complexity index is 341. The first kappa shape index (κ1) is 11.7. The molecule has 4 heteroatoms. The van der Waals surface area contributed by atoms with Gasteiger partial charge in [0.25, 0.3) is 0 Å². The molecule has 0 N–H and O–H groups in total. The van der Waals surface area contributed by atoms with Gasteiger partial charge in [-0.2, -0.15) is 0 Å². The van der Waals surface area contributed by atoms with Gasteiger partial charge in [0.15, 0.2) is 13.0 Å². The fourth-order valence-electron chi connectivity index (χ4n) is 2.09. The molecule has 0 unspecified atom stereocenters. The van der Waals surface area contributed by atoms with Crippen molar-refractivity contribution in [1.29, 1.82) is 0 Å². The molecule has 0 spiro atoms. The molecule has 0 aliphatic rings. The van der Waals surface area contributed by atoms with E-state index in [1.54, 1.807) is 0 Å². The molecule has 0 aliphatic carbocycles. The number of rotatable bonds is 4. The highest BCUT2D eigenvalue weighted by Crippen LogP contribution is 2.23. The Labute approximate surface area is 92.7 Å². The monoisotopic (exact) mass is 228 g/mol. The molecular formula is C10H20N2SSi. The largest absolute Gasteiger partial charge is 0.351 e. The number of imidazole rings is 1. The van der Waals surface area contributed by atoms with E-state index in [9.17, 15) is 0 Å². The minimum Gasteiger partial charge on any atom is -0.351 e. The summed E-state index contributed by atoms with van der Waals surface area (Å²) in [5, 5.41) is 0. The Hall–Kier alpha value is -0.353. The van der Waals surface area contributed by atoms with Crippen LogP contribution in [0.25, 0.3) is 0 Å². The summed E-state index contributed by atoms with van der Waals surface area (Å²) in [6.07, 6.45) is 4.25. The van der Waals surface area contributed by atoms with E-state index in [0.717, 1.165) is 4.77 Å². The molecule has 2 nitrogen and oxygen atoms in total. The van der Waals surface area contributed by atoms with E-state index < -0.39 is 8.24 Å². The molecule has 0 saturated heterocycles. The lowest BCUT2D eigenvalue weighted by Crippen LogP contribution is -2.41. The minimum atomic E-state index is -1.33. The maximum Gasteiger partial charge on any atom is 0.171 e. The van der Waals surface area contributed by atoms with Crippen molar-refractivity contribution in [3.8, 4) is 0 Å². The molecule has 0 bridgehead atoms. The second-order valence-corrected chi connectivity index (χ2v) is 9.26. The van der Waals surface area contributed by atoms with Crippen LogP contribution in [0.15, 0.2) is 12.4 Å². The molecule has 0 fully saturated rings. The lowest BCUT2D eigenvalue weighted by atomic mass is 10.9. The fraction of sp³-hybridized carbons (Fsp3) is 0.700. The Morgan fingerprint density at radius 3 is 1.93 bits per heavy atom. The van der Waals surface area contributed by atoms with Gasteiger partial charge in [0, 0.05) is 19.4 Å². The van der Waals surface area contributed by atoms with E-state index >= 15 is 0 Å². The summed E-state index contributed by atoms with van der Waals surface area (Å²) in [5.74, 6) is 0.